The van der Waals surface area contributed by atoms with Crippen molar-refractivity contribution < 1.29 is 23.8 Å². The van der Waals surface area contributed by atoms with E-state index in [1.807, 2.05) is 0 Å². The molecule has 5 nitrogen and oxygen atoms in total. The summed E-state index contributed by atoms with van der Waals surface area (Å²) in [6.45, 7) is 1.94. The monoisotopic (exact) mass is 281 g/mol. The van der Waals surface area contributed by atoms with Crippen LogP contribution in [0.4, 0.5) is 4.39 Å². The van der Waals surface area contributed by atoms with Gasteiger partial charge in [0.25, 0.3) is 0 Å². The number of amides is 1. The van der Waals surface area contributed by atoms with Gasteiger partial charge in [-0.1, -0.05) is 6.92 Å². The molecule has 0 saturated carbocycles. The third-order valence-electron chi connectivity index (χ3n) is 3.46. The molecule has 0 saturated heterocycles. The van der Waals surface area contributed by atoms with Gasteiger partial charge in [-0.2, -0.15) is 0 Å². The molecule has 0 spiro atoms. The summed E-state index contributed by atoms with van der Waals surface area (Å²) >= 11 is 0. The summed E-state index contributed by atoms with van der Waals surface area (Å²) in [6, 6.07) is 2.99. The van der Waals surface area contributed by atoms with Crippen molar-refractivity contribution in [2.45, 2.75) is 26.4 Å². The number of carbonyl (C=O) groups is 2. The highest BCUT2D eigenvalue weighted by atomic mass is 19.1. The van der Waals surface area contributed by atoms with Crippen LogP contribution in [0.5, 0.6) is 5.75 Å². The largest absolute Gasteiger partial charge is 0.497 e. The third-order valence-corrected chi connectivity index (χ3v) is 3.46. The maximum Gasteiger partial charge on any atom is 0.306 e. The highest BCUT2D eigenvalue weighted by molar-refractivity contribution is 5.82. The normalized spacial score (nSPS) is 14.8. The van der Waals surface area contributed by atoms with Crippen molar-refractivity contribution in [3.05, 3.63) is 29.1 Å². The van der Waals surface area contributed by atoms with E-state index in [-0.39, 0.29) is 25.4 Å². The summed E-state index contributed by atoms with van der Waals surface area (Å²) in [5.74, 6) is -2.03. The number of fused-ring (bicyclic) bond motifs is 1. The Labute approximate surface area is 116 Å². The second kappa shape index (κ2) is 5.48. The Hall–Kier alpha value is -2.11. The van der Waals surface area contributed by atoms with Gasteiger partial charge in [0.1, 0.15) is 11.6 Å². The molecule has 2 rings (SSSR count). The quantitative estimate of drug-likeness (QED) is 0.913. The van der Waals surface area contributed by atoms with Crippen molar-refractivity contribution in [3.8, 4) is 5.75 Å². The van der Waals surface area contributed by atoms with Gasteiger partial charge >= 0.3 is 5.97 Å². The van der Waals surface area contributed by atoms with Gasteiger partial charge in [-0.3, -0.25) is 9.59 Å². The molecule has 0 bridgehead atoms. The predicted octanol–water partition coefficient (Wildman–Crippen LogP) is 1.79. The number of carbonyl (C=O) groups excluding carboxylic acids is 1. The number of methoxy groups -OCH3 is 1. The number of benzene rings is 1. The Balaban J connectivity index is 2.11. The van der Waals surface area contributed by atoms with E-state index in [2.05, 4.69) is 0 Å². The Kier molecular flexibility index (Phi) is 3.92. The van der Waals surface area contributed by atoms with Gasteiger partial charge in [0, 0.05) is 31.1 Å². The number of nitrogens with zero attached hydrogens (tertiary/aromatic N) is 1. The molecular formula is C14H16FNO4. The zero-order valence-corrected chi connectivity index (χ0v) is 11.4. The first kappa shape index (κ1) is 14.3. The lowest BCUT2D eigenvalue weighted by Crippen LogP contribution is -2.28. The van der Waals surface area contributed by atoms with Gasteiger partial charge in [0.05, 0.1) is 13.0 Å². The van der Waals surface area contributed by atoms with Crippen LogP contribution in [0.1, 0.15) is 24.5 Å². The lowest BCUT2D eigenvalue weighted by molar-refractivity contribution is -0.145. The van der Waals surface area contributed by atoms with Crippen LogP contribution in [0.25, 0.3) is 0 Å². The third kappa shape index (κ3) is 2.74. The molecule has 108 valence electrons. The first-order valence-corrected chi connectivity index (χ1v) is 6.28. The summed E-state index contributed by atoms with van der Waals surface area (Å²) in [5, 5.41) is 8.81. The van der Waals surface area contributed by atoms with Crippen LogP contribution in [0.15, 0.2) is 12.1 Å². The Morgan fingerprint density at radius 2 is 2.15 bits per heavy atom. The van der Waals surface area contributed by atoms with Crippen molar-refractivity contribution in [2.24, 2.45) is 5.92 Å². The summed E-state index contributed by atoms with van der Waals surface area (Å²) < 4.78 is 18.8. The number of aliphatic carboxylic acids is 1. The number of hydrogen-bond acceptors (Lipinski definition) is 3. The van der Waals surface area contributed by atoms with E-state index in [9.17, 15) is 14.0 Å². The van der Waals surface area contributed by atoms with E-state index in [1.54, 1.807) is 6.07 Å². The average Bonchev–Trinajstić information content (AvgIpc) is 2.82. The Morgan fingerprint density at radius 1 is 1.45 bits per heavy atom. The molecule has 0 fully saturated rings. The van der Waals surface area contributed by atoms with Gasteiger partial charge in [-0.25, -0.2) is 4.39 Å². The minimum atomic E-state index is -1.01. The minimum Gasteiger partial charge on any atom is -0.497 e. The van der Waals surface area contributed by atoms with E-state index >= 15 is 0 Å². The van der Waals surface area contributed by atoms with E-state index in [0.717, 1.165) is 0 Å². The molecule has 6 heteroatoms. The number of rotatable bonds is 4. The Morgan fingerprint density at radius 3 is 2.75 bits per heavy atom. The van der Waals surface area contributed by atoms with E-state index in [4.69, 9.17) is 9.84 Å². The molecule has 1 aromatic carbocycles. The second-order valence-electron chi connectivity index (χ2n) is 4.94. The van der Waals surface area contributed by atoms with Crippen molar-refractivity contribution in [1.82, 2.24) is 4.90 Å². The van der Waals surface area contributed by atoms with Crippen LogP contribution in [0, 0.1) is 11.7 Å². The molecule has 1 unspecified atom stereocenters. The maximum atomic E-state index is 13.9. The molecule has 20 heavy (non-hydrogen) atoms. The van der Waals surface area contributed by atoms with Gasteiger partial charge in [-0.05, 0) is 11.6 Å². The molecule has 1 N–H and O–H groups in total. The summed E-state index contributed by atoms with van der Waals surface area (Å²) in [5.41, 5.74) is 1.18. The van der Waals surface area contributed by atoms with Crippen molar-refractivity contribution >= 4 is 11.9 Å². The zero-order chi connectivity index (χ0) is 14.9. The van der Waals surface area contributed by atoms with Gasteiger partial charge < -0.3 is 14.7 Å². The van der Waals surface area contributed by atoms with Crippen LogP contribution in [-0.4, -0.2) is 29.0 Å². The van der Waals surface area contributed by atoms with Crippen LogP contribution in [-0.2, 0) is 22.7 Å². The molecule has 1 amide bonds. The molecule has 1 atom stereocenters. The summed E-state index contributed by atoms with van der Waals surface area (Å²) in [7, 11) is 1.45. The molecule has 0 aromatic heterocycles. The van der Waals surface area contributed by atoms with Crippen LogP contribution in [0.2, 0.25) is 0 Å². The number of carboxylic acid groups (broad SMARTS) is 1. The fourth-order valence-corrected chi connectivity index (χ4v) is 2.21. The number of carboxylic acids is 1. The predicted molar refractivity (Wildman–Crippen MR) is 68.6 cm³/mol. The van der Waals surface area contributed by atoms with Gasteiger partial charge in [-0.15, -0.1) is 0 Å². The molecule has 1 aromatic rings. The Bertz CT molecular complexity index is 558. The highest BCUT2D eigenvalue weighted by Gasteiger charge is 2.28. The van der Waals surface area contributed by atoms with Gasteiger partial charge in [0.2, 0.25) is 5.91 Å². The molecule has 1 heterocycles. The first-order valence-electron chi connectivity index (χ1n) is 6.28. The minimum absolute atomic E-state index is 0.0813. The zero-order valence-electron chi connectivity index (χ0n) is 11.4. The molecule has 0 aliphatic carbocycles. The van der Waals surface area contributed by atoms with Crippen LogP contribution < -0.4 is 4.74 Å². The molecule has 1 aliphatic heterocycles. The average molecular weight is 281 g/mol. The van der Waals surface area contributed by atoms with Crippen molar-refractivity contribution in [3.63, 3.8) is 0 Å². The van der Waals surface area contributed by atoms with E-state index in [1.165, 1.54) is 25.0 Å². The van der Waals surface area contributed by atoms with E-state index in [0.29, 0.717) is 16.9 Å². The second-order valence-corrected chi connectivity index (χ2v) is 4.94. The number of ether oxygens (including phenoxy) is 1. The highest BCUT2D eigenvalue weighted by Crippen LogP contribution is 2.30. The lowest BCUT2D eigenvalue weighted by Gasteiger charge is -2.16. The lowest BCUT2D eigenvalue weighted by atomic mass is 10.1. The van der Waals surface area contributed by atoms with Gasteiger partial charge in [0.15, 0.2) is 0 Å². The number of hydrogen-bond donors (Lipinski definition) is 1. The van der Waals surface area contributed by atoms with Crippen molar-refractivity contribution in [2.75, 3.05) is 7.11 Å². The standard InChI is InChI=1S/C14H16FNO4/c1-8(14(18)19)3-13(17)16-6-9-4-10(20-2)5-12(15)11(9)7-16/h4-5,8H,3,6-7H2,1-2H3,(H,18,19). The van der Waals surface area contributed by atoms with Crippen LogP contribution in [0.3, 0.4) is 0 Å². The summed E-state index contributed by atoms with van der Waals surface area (Å²) in [4.78, 5) is 24.2. The molecule has 0 radical (unpaired) electrons. The maximum absolute atomic E-state index is 13.9. The number of halogens is 1. The van der Waals surface area contributed by atoms with Crippen molar-refractivity contribution in [1.29, 1.82) is 0 Å². The molecule has 1 aliphatic rings. The van der Waals surface area contributed by atoms with E-state index < -0.39 is 17.7 Å². The fourth-order valence-electron chi connectivity index (χ4n) is 2.21. The summed E-state index contributed by atoms with van der Waals surface area (Å²) in [6.07, 6.45) is -0.0813. The first-order chi connectivity index (χ1) is 9.42. The SMILES string of the molecule is COc1cc(F)c2c(c1)CN(C(=O)CC(C)C(=O)O)C2. The smallest absolute Gasteiger partial charge is 0.306 e. The van der Waals surface area contributed by atoms with Crippen LogP contribution >= 0.6 is 0 Å². The topological polar surface area (TPSA) is 66.8 Å². The fraction of sp³-hybridized carbons (Fsp3) is 0.429. The molecular weight excluding hydrogens is 265 g/mol.